The van der Waals surface area contributed by atoms with E-state index in [1.54, 1.807) is 19.2 Å². The van der Waals surface area contributed by atoms with Gasteiger partial charge in [0.2, 0.25) is 11.8 Å². The van der Waals surface area contributed by atoms with Crippen LogP contribution in [0.5, 0.6) is 0 Å². The molecule has 0 bridgehead atoms. The average molecular weight is 445 g/mol. The van der Waals surface area contributed by atoms with E-state index in [-0.39, 0.29) is 40.8 Å². The summed E-state index contributed by atoms with van der Waals surface area (Å²) in [5.74, 6) is -1.04. The summed E-state index contributed by atoms with van der Waals surface area (Å²) >= 11 is 0. The topological polar surface area (TPSA) is 122 Å². The second kappa shape index (κ2) is 9.71. The van der Waals surface area contributed by atoms with Crippen molar-refractivity contribution in [1.82, 2.24) is 5.32 Å². The quantitative estimate of drug-likeness (QED) is 0.449. The first-order valence-corrected chi connectivity index (χ1v) is 11.2. The number of amides is 3. The van der Waals surface area contributed by atoms with E-state index in [9.17, 15) is 22.8 Å². The number of hydrogen-bond donors (Lipinski definition) is 2. The lowest BCUT2D eigenvalue weighted by atomic mass is 10.1. The molecule has 164 valence electrons. The predicted octanol–water partition coefficient (Wildman–Crippen LogP) is 1.91. The fraction of sp³-hybridized carbons (Fsp3) is 0.286. The first kappa shape index (κ1) is 22.4. The lowest BCUT2D eigenvalue weighted by molar-refractivity contribution is -0.121. The van der Waals surface area contributed by atoms with Crippen molar-refractivity contribution in [2.45, 2.75) is 24.2 Å². The van der Waals surface area contributed by atoms with Crippen LogP contribution in [0.15, 0.2) is 53.4 Å². The zero-order valence-corrected chi connectivity index (χ0v) is 17.8. The van der Waals surface area contributed by atoms with Crippen LogP contribution in [0.3, 0.4) is 0 Å². The molecule has 9 nitrogen and oxygen atoms in total. The number of anilines is 2. The van der Waals surface area contributed by atoms with Crippen LogP contribution in [-0.4, -0.2) is 46.4 Å². The summed E-state index contributed by atoms with van der Waals surface area (Å²) in [7, 11) is -2.44. The summed E-state index contributed by atoms with van der Waals surface area (Å²) in [6.45, 7) is 0.891. The standard InChI is InChI=1S/C21H23N3O6S/c1-30-14-4-13-22-21(27)17-5-2-3-6-18(17)23-31(28,29)16-9-7-15(8-10-16)24-19(25)11-12-20(24)26/h2-3,5-10,23H,4,11-14H2,1H3,(H,22,27). The van der Waals surface area contributed by atoms with E-state index < -0.39 is 15.9 Å². The SMILES string of the molecule is COCCCNC(=O)c1ccccc1NS(=O)(=O)c1ccc(N2C(=O)CCC2=O)cc1. The second-order valence-electron chi connectivity index (χ2n) is 6.87. The molecule has 0 unspecified atom stereocenters. The number of rotatable bonds is 9. The number of nitrogens with zero attached hydrogens (tertiary/aromatic N) is 1. The first-order valence-electron chi connectivity index (χ1n) is 9.68. The van der Waals surface area contributed by atoms with Gasteiger partial charge in [0.1, 0.15) is 0 Å². The monoisotopic (exact) mass is 445 g/mol. The average Bonchev–Trinajstić information content (AvgIpc) is 3.09. The van der Waals surface area contributed by atoms with Gasteiger partial charge >= 0.3 is 0 Å². The van der Waals surface area contributed by atoms with E-state index in [0.29, 0.717) is 25.3 Å². The van der Waals surface area contributed by atoms with Crippen LogP contribution in [0.2, 0.25) is 0 Å². The molecule has 2 aromatic carbocycles. The van der Waals surface area contributed by atoms with E-state index >= 15 is 0 Å². The van der Waals surface area contributed by atoms with E-state index in [0.717, 1.165) is 4.90 Å². The number of nitrogens with one attached hydrogen (secondary N) is 2. The predicted molar refractivity (Wildman–Crippen MR) is 114 cm³/mol. The Labute approximate surface area is 180 Å². The number of benzene rings is 2. The van der Waals surface area contributed by atoms with Crippen molar-refractivity contribution in [3.8, 4) is 0 Å². The number of carbonyl (C=O) groups is 3. The Morgan fingerprint density at radius 1 is 1.03 bits per heavy atom. The van der Waals surface area contributed by atoms with Gasteiger partial charge in [-0.2, -0.15) is 0 Å². The Balaban J connectivity index is 1.76. The summed E-state index contributed by atoms with van der Waals surface area (Å²) < 4.78 is 33.0. The summed E-state index contributed by atoms with van der Waals surface area (Å²) in [5.41, 5.74) is 0.649. The zero-order valence-electron chi connectivity index (χ0n) is 17.0. The molecule has 0 radical (unpaired) electrons. The number of para-hydroxylation sites is 1. The molecule has 2 N–H and O–H groups in total. The minimum Gasteiger partial charge on any atom is -0.385 e. The van der Waals surface area contributed by atoms with Gasteiger partial charge in [-0.25, -0.2) is 8.42 Å². The molecular formula is C21H23N3O6S. The van der Waals surface area contributed by atoms with Gasteiger partial charge < -0.3 is 10.1 Å². The van der Waals surface area contributed by atoms with Gasteiger partial charge in [0.15, 0.2) is 0 Å². The summed E-state index contributed by atoms with van der Waals surface area (Å²) in [6, 6.07) is 11.7. The fourth-order valence-electron chi connectivity index (χ4n) is 3.13. The maximum absolute atomic E-state index is 12.8. The number of ether oxygens (including phenoxy) is 1. The molecule has 31 heavy (non-hydrogen) atoms. The van der Waals surface area contributed by atoms with Crippen LogP contribution >= 0.6 is 0 Å². The first-order chi connectivity index (χ1) is 14.8. The summed E-state index contributed by atoms with van der Waals surface area (Å²) in [6.07, 6.45) is 0.917. The molecule has 0 aromatic heterocycles. The highest BCUT2D eigenvalue weighted by Gasteiger charge is 2.30. The molecule has 1 fully saturated rings. The number of hydrogen-bond acceptors (Lipinski definition) is 6. The van der Waals surface area contributed by atoms with Crippen molar-refractivity contribution in [2.24, 2.45) is 0 Å². The van der Waals surface area contributed by atoms with Crippen LogP contribution in [0.25, 0.3) is 0 Å². The van der Waals surface area contributed by atoms with Crippen molar-refractivity contribution in [3.63, 3.8) is 0 Å². The van der Waals surface area contributed by atoms with Crippen LogP contribution in [0.1, 0.15) is 29.6 Å². The van der Waals surface area contributed by atoms with Crippen LogP contribution in [0, 0.1) is 0 Å². The van der Waals surface area contributed by atoms with Crippen LogP contribution < -0.4 is 14.9 Å². The lowest BCUT2D eigenvalue weighted by Gasteiger charge is -2.15. The third-order valence-electron chi connectivity index (χ3n) is 4.68. The van der Waals surface area contributed by atoms with Gasteiger partial charge in [0.05, 0.1) is 21.8 Å². The van der Waals surface area contributed by atoms with E-state index in [2.05, 4.69) is 10.0 Å². The van der Waals surface area contributed by atoms with Crippen molar-refractivity contribution in [2.75, 3.05) is 29.9 Å². The molecule has 1 heterocycles. The molecular weight excluding hydrogens is 422 g/mol. The maximum Gasteiger partial charge on any atom is 0.261 e. The van der Waals surface area contributed by atoms with Gasteiger partial charge in [-0.15, -0.1) is 0 Å². The third-order valence-corrected chi connectivity index (χ3v) is 6.06. The molecule has 3 rings (SSSR count). The molecule has 0 atom stereocenters. The summed E-state index contributed by atoms with van der Waals surface area (Å²) in [5, 5.41) is 2.72. The van der Waals surface area contributed by atoms with Crippen LogP contribution in [0.4, 0.5) is 11.4 Å². The van der Waals surface area contributed by atoms with Gasteiger partial charge in [-0.1, -0.05) is 12.1 Å². The van der Waals surface area contributed by atoms with E-state index in [1.807, 2.05) is 0 Å². The number of sulfonamides is 1. The summed E-state index contributed by atoms with van der Waals surface area (Å²) in [4.78, 5) is 37.1. The minimum atomic E-state index is -4.00. The Morgan fingerprint density at radius 2 is 1.68 bits per heavy atom. The molecule has 2 aromatic rings. The Morgan fingerprint density at radius 3 is 2.32 bits per heavy atom. The van der Waals surface area contributed by atoms with Gasteiger partial charge in [0, 0.05) is 33.1 Å². The highest BCUT2D eigenvalue weighted by atomic mass is 32.2. The molecule has 0 aliphatic carbocycles. The van der Waals surface area contributed by atoms with Gasteiger partial charge in [-0.3, -0.25) is 24.0 Å². The van der Waals surface area contributed by atoms with E-state index in [1.165, 1.54) is 36.4 Å². The number of imide groups is 1. The molecule has 0 saturated carbocycles. The number of carbonyl (C=O) groups excluding carboxylic acids is 3. The molecule has 10 heteroatoms. The Bertz CT molecular complexity index is 1070. The Hall–Kier alpha value is -3.24. The van der Waals surface area contributed by atoms with Crippen molar-refractivity contribution >= 4 is 39.1 Å². The highest BCUT2D eigenvalue weighted by molar-refractivity contribution is 7.92. The third kappa shape index (κ3) is 5.28. The van der Waals surface area contributed by atoms with Crippen molar-refractivity contribution in [3.05, 3.63) is 54.1 Å². The molecule has 0 spiro atoms. The fourth-order valence-corrected chi connectivity index (χ4v) is 4.21. The molecule has 1 saturated heterocycles. The Kier molecular flexibility index (Phi) is 7.03. The van der Waals surface area contributed by atoms with Gasteiger partial charge in [-0.05, 0) is 42.8 Å². The lowest BCUT2D eigenvalue weighted by Crippen LogP contribution is -2.28. The molecule has 3 amide bonds. The largest absolute Gasteiger partial charge is 0.385 e. The normalized spacial score (nSPS) is 14.0. The van der Waals surface area contributed by atoms with Crippen molar-refractivity contribution in [1.29, 1.82) is 0 Å². The van der Waals surface area contributed by atoms with E-state index in [4.69, 9.17) is 4.74 Å². The minimum absolute atomic E-state index is 0.0642. The zero-order chi connectivity index (χ0) is 22.4. The van der Waals surface area contributed by atoms with Crippen LogP contribution in [-0.2, 0) is 24.3 Å². The number of methoxy groups -OCH3 is 1. The van der Waals surface area contributed by atoms with Gasteiger partial charge in [0.25, 0.3) is 15.9 Å². The molecule has 1 aliphatic heterocycles. The maximum atomic E-state index is 12.8. The smallest absolute Gasteiger partial charge is 0.261 e. The second-order valence-corrected chi connectivity index (χ2v) is 8.55. The molecule has 1 aliphatic rings. The van der Waals surface area contributed by atoms with Crippen molar-refractivity contribution < 1.29 is 27.5 Å². The highest BCUT2D eigenvalue weighted by Crippen LogP contribution is 2.25.